The zero-order chi connectivity index (χ0) is 15.1. The van der Waals surface area contributed by atoms with Crippen LogP contribution < -0.4 is 5.32 Å². The largest absolute Gasteiger partial charge is 0.380 e. The Labute approximate surface area is 121 Å². The van der Waals surface area contributed by atoms with Crippen LogP contribution in [0.4, 0.5) is 0 Å². The Balaban J connectivity index is 2.33. The second kappa shape index (κ2) is 5.02. The van der Waals surface area contributed by atoms with Gasteiger partial charge in [0.25, 0.3) is 0 Å². The second-order valence-electron chi connectivity index (χ2n) is 6.52. The molecule has 5 heteroatoms. The number of nitrogens with one attached hydrogen (secondary N) is 1. The van der Waals surface area contributed by atoms with Gasteiger partial charge in [0.1, 0.15) is 11.1 Å². The van der Waals surface area contributed by atoms with Crippen molar-refractivity contribution in [3.8, 4) is 0 Å². The highest BCUT2D eigenvalue weighted by Gasteiger charge is 2.58. The minimum Gasteiger partial charge on any atom is -0.380 e. The molecule has 1 saturated carbocycles. The summed E-state index contributed by atoms with van der Waals surface area (Å²) in [5, 5.41) is 3.00. The molecule has 1 heterocycles. The van der Waals surface area contributed by atoms with E-state index in [1.807, 2.05) is 27.7 Å². The summed E-state index contributed by atoms with van der Waals surface area (Å²) in [7, 11) is 1.63. The van der Waals surface area contributed by atoms with Gasteiger partial charge in [-0.3, -0.25) is 9.59 Å². The molecule has 0 aromatic rings. The summed E-state index contributed by atoms with van der Waals surface area (Å²) in [6.45, 7) is 8.02. The molecule has 2 amide bonds. The zero-order valence-corrected chi connectivity index (χ0v) is 13.2. The van der Waals surface area contributed by atoms with Crippen molar-refractivity contribution in [1.29, 1.82) is 0 Å². The monoisotopic (exact) mass is 282 g/mol. The molecule has 1 saturated heterocycles. The molecule has 2 rings (SSSR count). The van der Waals surface area contributed by atoms with Gasteiger partial charge in [-0.25, -0.2) is 0 Å². The number of nitrogens with zero attached hydrogens (tertiary/aromatic N) is 1. The minimum atomic E-state index is -0.779. The number of rotatable bonds is 5. The Morgan fingerprint density at radius 2 is 2.00 bits per heavy atom. The van der Waals surface area contributed by atoms with E-state index in [9.17, 15) is 9.59 Å². The molecule has 0 aromatic heterocycles. The minimum absolute atomic E-state index is 0.0350. The molecule has 114 valence electrons. The lowest BCUT2D eigenvalue weighted by atomic mass is 9.82. The van der Waals surface area contributed by atoms with E-state index in [4.69, 9.17) is 4.74 Å². The number of piperazine rings is 1. The lowest BCUT2D eigenvalue weighted by molar-refractivity contribution is -0.164. The van der Waals surface area contributed by atoms with E-state index in [1.165, 1.54) is 0 Å². The molecule has 1 N–H and O–H groups in total. The first kappa shape index (κ1) is 15.3. The summed E-state index contributed by atoms with van der Waals surface area (Å²) in [5.41, 5.74) is -1.52. The Kier molecular flexibility index (Phi) is 3.84. The second-order valence-corrected chi connectivity index (χ2v) is 6.52. The normalized spacial score (nSPS) is 36.0. The van der Waals surface area contributed by atoms with Crippen molar-refractivity contribution in [3.05, 3.63) is 0 Å². The highest BCUT2D eigenvalue weighted by atomic mass is 16.5. The van der Waals surface area contributed by atoms with Gasteiger partial charge in [0.05, 0.1) is 6.10 Å². The highest BCUT2D eigenvalue weighted by molar-refractivity contribution is 6.02. The highest BCUT2D eigenvalue weighted by Crippen LogP contribution is 2.44. The van der Waals surface area contributed by atoms with Crippen LogP contribution in [0.25, 0.3) is 0 Å². The van der Waals surface area contributed by atoms with Gasteiger partial charge in [0.2, 0.25) is 11.8 Å². The third-order valence-electron chi connectivity index (χ3n) is 5.07. The van der Waals surface area contributed by atoms with E-state index in [2.05, 4.69) is 5.32 Å². The topological polar surface area (TPSA) is 58.6 Å². The van der Waals surface area contributed by atoms with E-state index >= 15 is 0 Å². The first-order chi connectivity index (χ1) is 9.29. The quantitative estimate of drug-likeness (QED) is 0.827. The van der Waals surface area contributed by atoms with E-state index < -0.39 is 11.1 Å². The van der Waals surface area contributed by atoms with Crippen molar-refractivity contribution < 1.29 is 14.3 Å². The predicted molar refractivity (Wildman–Crippen MR) is 76.2 cm³/mol. The van der Waals surface area contributed by atoms with Gasteiger partial charge < -0.3 is 15.0 Å². The maximum atomic E-state index is 13.0. The Bertz CT molecular complexity index is 421. The Hall–Kier alpha value is -1.10. The summed E-state index contributed by atoms with van der Waals surface area (Å²) in [6.07, 6.45) is 2.54. The van der Waals surface area contributed by atoms with Crippen LogP contribution in [0.5, 0.6) is 0 Å². The van der Waals surface area contributed by atoms with Crippen LogP contribution in [0.1, 0.15) is 47.0 Å². The van der Waals surface area contributed by atoms with Crippen molar-refractivity contribution in [2.75, 3.05) is 13.7 Å². The van der Waals surface area contributed by atoms with Crippen molar-refractivity contribution in [1.82, 2.24) is 10.2 Å². The number of methoxy groups -OCH3 is 1. The van der Waals surface area contributed by atoms with Crippen LogP contribution in [-0.2, 0) is 14.3 Å². The molecule has 0 aromatic carbocycles. The van der Waals surface area contributed by atoms with E-state index in [0.29, 0.717) is 13.0 Å². The summed E-state index contributed by atoms with van der Waals surface area (Å²) in [6, 6.07) is 0. The van der Waals surface area contributed by atoms with Crippen LogP contribution in [0.15, 0.2) is 0 Å². The molecule has 2 fully saturated rings. The molecule has 0 spiro atoms. The third kappa shape index (κ3) is 2.22. The molecule has 3 unspecified atom stereocenters. The number of ether oxygens (including phenoxy) is 1. The van der Waals surface area contributed by atoms with Gasteiger partial charge in [-0.2, -0.15) is 0 Å². The number of amides is 2. The molecule has 20 heavy (non-hydrogen) atoms. The maximum absolute atomic E-state index is 13.0. The lowest BCUT2D eigenvalue weighted by Gasteiger charge is -2.50. The molecule has 5 nitrogen and oxygen atoms in total. The fourth-order valence-corrected chi connectivity index (χ4v) is 2.96. The first-order valence-electron chi connectivity index (χ1n) is 7.47. The number of hydrogen-bond donors (Lipinski definition) is 1. The molecule has 1 aliphatic heterocycles. The van der Waals surface area contributed by atoms with Crippen molar-refractivity contribution in [3.63, 3.8) is 0 Å². The summed E-state index contributed by atoms with van der Waals surface area (Å²) >= 11 is 0. The van der Waals surface area contributed by atoms with Crippen LogP contribution in [0.2, 0.25) is 0 Å². The SMILES string of the molecule is CCC1(C)C(=O)NC(C)(C2CC2)C(=O)N1CC(C)OC. The van der Waals surface area contributed by atoms with Crippen molar-refractivity contribution in [2.24, 2.45) is 5.92 Å². The van der Waals surface area contributed by atoms with E-state index in [1.54, 1.807) is 12.0 Å². The smallest absolute Gasteiger partial charge is 0.249 e. The molecule has 0 radical (unpaired) electrons. The van der Waals surface area contributed by atoms with Crippen LogP contribution >= 0.6 is 0 Å². The van der Waals surface area contributed by atoms with Gasteiger partial charge in [-0.1, -0.05) is 6.92 Å². The zero-order valence-electron chi connectivity index (χ0n) is 13.2. The molecular formula is C15H26N2O3. The van der Waals surface area contributed by atoms with Crippen LogP contribution in [-0.4, -0.2) is 47.6 Å². The van der Waals surface area contributed by atoms with Crippen molar-refractivity contribution in [2.45, 2.75) is 64.1 Å². The standard InChI is InChI=1S/C15H26N2O3/c1-6-14(3)12(18)16-15(4,11-7-8-11)13(19)17(14)9-10(2)20-5/h10-11H,6-9H2,1-5H3,(H,16,18). The maximum Gasteiger partial charge on any atom is 0.249 e. The third-order valence-corrected chi connectivity index (χ3v) is 5.07. The van der Waals surface area contributed by atoms with Gasteiger partial charge in [0, 0.05) is 13.7 Å². The van der Waals surface area contributed by atoms with E-state index in [0.717, 1.165) is 12.8 Å². The van der Waals surface area contributed by atoms with Gasteiger partial charge in [-0.05, 0) is 46.0 Å². The summed E-state index contributed by atoms with van der Waals surface area (Å²) in [5.74, 6) is 0.269. The fourth-order valence-electron chi connectivity index (χ4n) is 2.96. The number of carbonyl (C=O) groups excluding carboxylic acids is 2. The fraction of sp³-hybridized carbons (Fsp3) is 0.867. The van der Waals surface area contributed by atoms with Gasteiger partial charge in [-0.15, -0.1) is 0 Å². The van der Waals surface area contributed by atoms with E-state index in [-0.39, 0.29) is 23.8 Å². The summed E-state index contributed by atoms with van der Waals surface area (Å²) in [4.78, 5) is 27.3. The average molecular weight is 282 g/mol. The van der Waals surface area contributed by atoms with Crippen LogP contribution in [0, 0.1) is 5.92 Å². The summed E-state index contributed by atoms with van der Waals surface area (Å²) < 4.78 is 5.29. The molecule has 0 bridgehead atoms. The number of hydrogen-bond acceptors (Lipinski definition) is 3. The molecule has 3 atom stereocenters. The molecular weight excluding hydrogens is 256 g/mol. The first-order valence-corrected chi connectivity index (χ1v) is 7.47. The van der Waals surface area contributed by atoms with Gasteiger partial charge >= 0.3 is 0 Å². The van der Waals surface area contributed by atoms with Crippen molar-refractivity contribution >= 4 is 11.8 Å². The Morgan fingerprint density at radius 1 is 1.40 bits per heavy atom. The Morgan fingerprint density at radius 3 is 2.45 bits per heavy atom. The molecule has 1 aliphatic carbocycles. The van der Waals surface area contributed by atoms with Crippen LogP contribution in [0.3, 0.4) is 0 Å². The molecule has 2 aliphatic rings. The lowest BCUT2D eigenvalue weighted by Crippen LogP contribution is -2.75. The predicted octanol–water partition coefficient (Wildman–Crippen LogP) is 1.32. The average Bonchev–Trinajstić information content (AvgIpc) is 3.25. The number of carbonyl (C=O) groups is 2. The van der Waals surface area contributed by atoms with Gasteiger partial charge in [0.15, 0.2) is 0 Å².